The van der Waals surface area contributed by atoms with Crippen molar-refractivity contribution in [2.24, 2.45) is 13.0 Å². The van der Waals surface area contributed by atoms with E-state index < -0.39 is 10.0 Å². The number of nitrogens with zero attached hydrogens (tertiary/aromatic N) is 2. The summed E-state index contributed by atoms with van der Waals surface area (Å²) in [4.78, 5) is 0. The maximum Gasteiger partial charge on any atom is 0.257 e. The maximum absolute atomic E-state index is 11.9. The Morgan fingerprint density at radius 2 is 2.47 bits per heavy atom. The van der Waals surface area contributed by atoms with Gasteiger partial charge in [-0.1, -0.05) is 0 Å². The van der Waals surface area contributed by atoms with Gasteiger partial charge in [0.1, 0.15) is 0 Å². The molecule has 2 N–H and O–H groups in total. The molecule has 2 rings (SSSR count). The molecule has 1 unspecified atom stereocenters. The SMILES string of the molecule is Cn1nccc1S(=O)(=O)NCCC1CCNC1. The van der Waals surface area contributed by atoms with Gasteiger partial charge in [0.15, 0.2) is 5.03 Å². The first-order valence-corrected chi connectivity index (χ1v) is 7.26. The Hall–Kier alpha value is -0.920. The predicted octanol–water partition coefficient (Wildman–Crippen LogP) is -0.302. The standard InChI is InChI=1S/C10H18N4O2S/c1-14-10(4-6-12-14)17(15,16)13-7-3-9-2-5-11-8-9/h4,6,9,11,13H,2-3,5,7-8H2,1H3. The van der Waals surface area contributed by atoms with Gasteiger partial charge in [0.2, 0.25) is 0 Å². The van der Waals surface area contributed by atoms with Crippen molar-refractivity contribution < 1.29 is 8.42 Å². The lowest BCUT2D eigenvalue weighted by molar-refractivity contribution is 0.515. The molecular formula is C10H18N4O2S. The average Bonchev–Trinajstić information content (AvgIpc) is 2.88. The van der Waals surface area contributed by atoms with Crippen LogP contribution in [0.2, 0.25) is 0 Å². The van der Waals surface area contributed by atoms with E-state index in [1.807, 2.05) is 0 Å². The molecule has 96 valence electrons. The number of hydrogen-bond donors (Lipinski definition) is 2. The molecule has 0 aromatic carbocycles. The summed E-state index contributed by atoms with van der Waals surface area (Å²) in [6.07, 6.45) is 3.49. The number of sulfonamides is 1. The number of rotatable bonds is 5. The Labute approximate surface area is 101 Å². The van der Waals surface area contributed by atoms with E-state index in [0.717, 1.165) is 25.9 Å². The van der Waals surface area contributed by atoms with Gasteiger partial charge < -0.3 is 5.32 Å². The highest BCUT2D eigenvalue weighted by Gasteiger charge is 2.19. The molecule has 0 radical (unpaired) electrons. The molecule has 0 aliphatic carbocycles. The lowest BCUT2D eigenvalue weighted by Crippen LogP contribution is -2.28. The third kappa shape index (κ3) is 3.05. The molecule has 7 heteroatoms. The summed E-state index contributed by atoms with van der Waals surface area (Å²) in [6, 6.07) is 1.50. The molecule has 0 amide bonds. The second-order valence-corrected chi connectivity index (χ2v) is 6.05. The van der Waals surface area contributed by atoms with Crippen LogP contribution in [0.15, 0.2) is 17.3 Å². The number of hydrogen-bond acceptors (Lipinski definition) is 4. The van der Waals surface area contributed by atoms with Crippen LogP contribution in [0.1, 0.15) is 12.8 Å². The molecule has 1 saturated heterocycles. The smallest absolute Gasteiger partial charge is 0.257 e. The molecule has 6 nitrogen and oxygen atoms in total. The molecule has 1 aliphatic heterocycles. The molecular weight excluding hydrogens is 240 g/mol. The monoisotopic (exact) mass is 258 g/mol. The first-order valence-electron chi connectivity index (χ1n) is 5.78. The molecule has 1 fully saturated rings. The second kappa shape index (κ2) is 5.16. The second-order valence-electron chi connectivity index (χ2n) is 4.34. The van der Waals surface area contributed by atoms with Gasteiger partial charge in [0.05, 0.1) is 6.20 Å². The third-order valence-electron chi connectivity index (χ3n) is 3.06. The quantitative estimate of drug-likeness (QED) is 0.760. The molecule has 1 aromatic rings. The summed E-state index contributed by atoms with van der Waals surface area (Å²) in [6.45, 7) is 2.52. The minimum Gasteiger partial charge on any atom is -0.316 e. The fourth-order valence-electron chi connectivity index (χ4n) is 2.06. The highest BCUT2D eigenvalue weighted by Crippen LogP contribution is 2.12. The Kier molecular flexibility index (Phi) is 3.80. The minimum absolute atomic E-state index is 0.210. The lowest BCUT2D eigenvalue weighted by Gasteiger charge is -2.09. The van der Waals surface area contributed by atoms with E-state index in [9.17, 15) is 8.42 Å². The fraction of sp³-hybridized carbons (Fsp3) is 0.700. The van der Waals surface area contributed by atoms with E-state index in [-0.39, 0.29) is 5.03 Å². The summed E-state index contributed by atoms with van der Waals surface area (Å²) < 4.78 is 27.8. The van der Waals surface area contributed by atoms with Crippen molar-refractivity contribution in [1.82, 2.24) is 19.8 Å². The van der Waals surface area contributed by atoms with Gasteiger partial charge >= 0.3 is 0 Å². The van der Waals surface area contributed by atoms with Gasteiger partial charge in [-0.05, 0) is 37.9 Å². The normalized spacial score (nSPS) is 20.9. The Morgan fingerprint density at radius 1 is 1.65 bits per heavy atom. The van der Waals surface area contributed by atoms with Crippen molar-refractivity contribution in [1.29, 1.82) is 0 Å². The molecule has 1 aromatic heterocycles. The van der Waals surface area contributed by atoms with Crippen molar-refractivity contribution in [3.63, 3.8) is 0 Å². The van der Waals surface area contributed by atoms with E-state index in [2.05, 4.69) is 15.1 Å². The van der Waals surface area contributed by atoms with Gasteiger partial charge in [0, 0.05) is 13.6 Å². The molecule has 1 atom stereocenters. The zero-order chi connectivity index (χ0) is 12.3. The number of nitrogens with one attached hydrogen (secondary N) is 2. The Bertz CT molecular complexity index is 462. The molecule has 0 saturated carbocycles. The van der Waals surface area contributed by atoms with Crippen LogP contribution in [0.3, 0.4) is 0 Å². The van der Waals surface area contributed by atoms with Crippen molar-refractivity contribution in [3.05, 3.63) is 12.3 Å². The summed E-state index contributed by atoms with van der Waals surface area (Å²) in [5.74, 6) is 0.587. The van der Waals surface area contributed by atoms with E-state index in [1.165, 1.54) is 16.9 Å². The van der Waals surface area contributed by atoms with Crippen molar-refractivity contribution in [2.45, 2.75) is 17.9 Å². The molecule has 1 aliphatic rings. The fourth-order valence-corrected chi connectivity index (χ4v) is 3.23. The summed E-state index contributed by atoms with van der Waals surface area (Å²) in [5, 5.41) is 7.33. The van der Waals surface area contributed by atoms with Crippen LogP contribution in [0.5, 0.6) is 0 Å². The summed E-state index contributed by atoms with van der Waals surface area (Å²) >= 11 is 0. The zero-order valence-electron chi connectivity index (χ0n) is 9.89. The third-order valence-corrected chi connectivity index (χ3v) is 4.59. The number of aromatic nitrogens is 2. The highest BCUT2D eigenvalue weighted by atomic mass is 32.2. The van der Waals surface area contributed by atoms with Gasteiger partial charge in [0.25, 0.3) is 10.0 Å². The summed E-state index contributed by atoms with van der Waals surface area (Å²) in [7, 11) is -1.79. The van der Waals surface area contributed by atoms with E-state index >= 15 is 0 Å². The van der Waals surface area contributed by atoms with Crippen LogP contribution in [0.25, 0.3) is 0 Å². The average molecular weight is 258 g/mol. The Morgan fingerprint density at radius 3 is 3.06 bits per heavy atom. The first kappa shape index (κ1) is 12.5. The predicted molar refractivity (Wildman–Crippen MR) is 64.0 cm³/mol. The van der Waals surface area contributed by atoms with Crippen LogP contribution in [0.4, 0.5) is 0 Å². The molecule has 0 bridgehead atoms. The van der Waals surface area contributed by atoms with Crippen LogP contribution < -0.4 is 10.0 Å². The largest absolute Gasteiger partial charge is 0.316 e. The minimum atomic E-state index is -3.41. The van der Waals surface area contributed by atoms with E-state index in [0.29, 0.717) is 12.5 Å². The van der Waals surface area contributed by atoms with Crippen molar-refractivity contribution in [3.8, 4) is 0 Å². The van der Waals surface area contributed by atoms with Crippen LogP contribution in [-0.2, 0) is 17.1 Å². The van der Waals surface area contributed by atoms with E-state index in [1.54, 1.807) is 7.05 Å². The lowest BCUT2D eigenvalue weighted by atomic mass is 10.1. The van der Waals surface area contributed by atoms with Crippen LogP contribution in [0, 0.1) is 5.92 Å². The molecule has 17 heavy (non-hydrogen) atoms. The number of aryl methyl sites for hydroxylation is 1. The highest BCUT2D eigenvalue weighted by molar-refractivity contribution is 7.89. The van der Waals surface area contributed by atoms with Crippen LogP contribution in [-0.4, -0.2) is 37.8 Å². The van der Waals surface area contributed by atoms with Crippen molar-refractivity contribution in [2.75, 3.05) is 19.6 Å². The van der Waals surface area contributed by atoms with Gasteiger partial charge in [-0.25, -0.2) is 13.1 Å². The topological polar surface area (TPSA) is 76.0 Å². The first-order chi connectivity index (χ1) is 8.09. The van der Waals surface area contributed by atoms with Crippen LogP contribution >= 0.6 is 0 Å². The van der Waals surface area contributed by atoms with Gasteiger partial charge in [-0.3, -0.25) is 4.68 Å². The van der Waals surface area contributed by atoms with E-state index in [4.69, 9.17) is 0 Å². The zero-order valence-corrected chi connectivity index (χ0v) is 10.7. The molecule has 0 spiro atoms. The molecule has 2 heterocycles. The maximum atomic E-state index is 11.9. The summed E-state index contributed by atoms with van der Waals surface area (Å²) in [5.41, 5.74) is 0. The van der Waals surface area contributed by atoms with Crippen molar-refractivity contribution >= 4 is 10.0 Å². The van der Waals surface area contributed by atoms with Gasteiger partial charge in [-0.2, -0.15) is 5.10 Å². The van der Waals surface area contributed by atoms with Gasteiger partial charge in [-0.15, -0.1) is 0 Å². The Balaban J connectivity index is 1.87.